The first-order chi connectivity index (χ1) is 26.2. The Kier molecular flexibility index (Phi) is 7.47. The Morgan fingerprint density at radius 2 is 1.17 bits per heavy atom. The molecule has 2 aliphatic rings. The molecule has 0 spiro atoms. The smallest absolute Gasteiger partial charge is 0.231 e. The van der Waals surface area contributed by atoms with Crippen LogP contribution in [0.5, 0.6) is 0 Å². The number of anilines is 1. The second-order valence-electron chi connectivity index (χ2n) is 13.8. The Bertz CT molecular complexity index is 2710. The minimum atomic E-state index is 0.696. The van der Waals surface area contributed by atoms with Crippen LogP contribution in [0, 0.1) is 0 Å². The number of allylic oxidation sites excluding steroid dienone is 5. The Morgan fingerprint density at radius 3 is 1.91 bits per heavy atom. The van der Waals surface area contributed by atoms with Gasteiger partial charge >= 0.3 is 0 Å². The van der Waals surface area contributed by atoms with Crippen molar-refractivity contribution in [2.45, 2.75) is 19.9 Å². The van der Waals surface area contributed by atoms with Crippen LogP contribution in [0.2, 0.25) is 0 Å². The fraction of sp³-hybridized carbons (Fsp3) is 0.0612. The van der Waals surface area contributed by atoms with Gasteiger partial charge in [0.15, 0.2) is 0 Å². The first kappa shape index (κ1) is 31.0. The van der Waals surface area contributed by atoms with Gasteiger partial charge in [-0.25, -0.2) is 9.97 Å². The van der Waals surface area contributed by atoms with Crippen LogP contribution in [0.3, 0.4) is 0 Å². The molecule has 4 heteroatoms. The van der Waals surface area contributed by atoms with Gasteiger partial charge in [0.2, 0.25) is 5.95 Å². The van der Waals surface area contributed by atoms with Crippen LogP contribution in [-0.4, -0.2) is 14.5 Å². The lowest BCUT2D eigenvalue weighted by atomic mass is 9.86. The molecule has 0 saturated heterocycles. The molecular formula is C49H36N4. The first-order valence-electron chi connectivity index (χ1n) is 18.3. The molecule has 0 radical (unpaired) electrons. The number of para-hydroxylation sites is 2. The average Bonchev–Trinajstić information content (AvgIpc) is 3.45. The molecule has 0 bridgehead atoms. The molecule has 0 N–H and O–H groups in total. The maximum absolute atomic E-state index is 5.28. The molecular weight excluding hydrogens is 645 g/mol. The van der Waals surface area contributed by atoms with Crippen molar-refractivity contribution in [2.75, 3.05) is 4.90 Å². The van der Waals surface area contributed by atoms with E-state index in [1.165, 1.54) is 60.9 Å². The summed E-state index contributed by atoms with van der Waals surface area (Å²) in [4.78, 5) is 12.9. The summed E-state index contributed by atoms with van der Waals surface area (Å²) in [6.45, 7) is 2.98. The van der Waals surface area contributed by atoms with Crippen LogP contribution in [0.25, 0.3) is 61.2 Å². The van der Waals surface area contributed by atoms with E-state index in [2.05, 4.69) is 180 Å². The van der Waals surface area contributed by atoms with Gasteiger partial charge in [0.05, 0.1) is 29.0 Å². The summed E-state index contributed by atoms with van der Waals surface area (Å²) >= 11 is 0. The molecule has 252 valence electrons. The lowest BCUT2D eigenvalue weighted by molar-refractivity contribution is 0.828. The fourth-order valence-corrected chi connectivity index (χ4v) is 8.20. The topological polar surface area (TPSA) is 34.0 Å². The van der Waals surface area contributed by atoms with Crippen LogP contribution in [0.4, 0.5) is 5.95 Å². The molecule has 8 aromatic rings. The lowest BCUT2D eigenvalue weighted by Gasteiger charge is -2.34. The van der Waals surface area contributed by atoms with Crippen molar-refractivity contribution < 1.29 is 0 Å². The third-order valence-corrected chi connectivity index (χ3v) is 10.7. The van der Waals surface area contributed by atoms with Crippen molar-refractivity contribution in [2.24, 2.45) is 0 Å². The summed E-state index contributed by atoms with van der Waals surface area (Å²) in [5, 5.41) is 2.51. The second-order valence-corrected chi connectivity index (χ2v) is 13.8. The quantitative estimate of drug-likeness (QED) is 0.181. The standard InChI is InChI=1S/C49H36N4/c1-33-39(36-28-29-42-41-24-13-14-26-45(41)53(47(42)30-36)38-21-9-4-10-22-38)25-15-27-46-48(33)40-23-12-11-20-37(40)32-52(46)49-50-43(34-16-5-2-6-17-34)31-44(51-49)35-18-7-3-8-19-35/h2-26,28-31H,27,32H2,1H3. The van der Waals surface area contributed by atoms with E-state index in [0.29, 0.717) is 12.5 Å². The van der Waals surface area contributed by atoms with Crippen molar-refractivity contribution in [3.05, 3.63) is 204 Å². The van der Waals surface area contributed by atoms with Crippen molar-refractivity contribution in [1.29, 1.82) is 0 Å². The number of hydrogen-bond donors (Lipinski definition) is 0. The van der Waals surface area contributed by atoms with Crippen LogP contribution >= 0.6 is 0 Å². The molecule has 0 amide bonds. The lowest BCUT2D eigenvalue weighted by Crippen LogP contribution is -2.29. The van der Waals surface area contributed by atoms with Gasteiger partial charge in [0.1, 0.15) is 0 Å². The van der Waals surface area contributed by atoms with Crippen molar-refractivity contribution in [1.82, 2.24) is 14.5 Å². The van der Waals surface area contributed by atoms with E-state index < -0.39 is 0 Å². The van der Waals surface area contributed by atoms with Crippen molar-refractivity contribution >= 4 is 38.9 Å². The molecule has 0 atom stereocenters. The van der Waals surface area contributed by atoms with Gasteiger partial charge in [-0.1, -0.05) is 146 Å². The molecule has 10 rings (SSSR count). The highest BCUT2D eigenvalue weighted by molar-refractivity contribution is 6.10. The monoisotopic (exact) mass is 680 g/mol. The van der Waals surface area contributed by atoms with Gasteiger partial charge in [-0.3, -0.25) is 0 Å². The predicted octanol–water partition coefficient (Wildman–Crippen LogP) is 12.1. The summed E-state index contributed by atoms with van der Waals surface area (Å²) in [5.41, 5.74) is 16.2. The molecule has 0 saturated carbocycles. The highest BCUT2D eigenvalue weighted by atomic mass is 15.3. The van der Waals surface area contributed by atoms with E-state index in [9.17, 15) is 0 Å². The molecule has 53 heavy (non-hydrogen) atoms. The highest BCUT2D eigenvalue weighted by Crippen LogP contribution is 2.45. The van der Waals surface area contributed by atoms with Gasteiger partial charge in [-0.05, 0) is 65.1 Å². The zero-order valence-corrected chi connectivity index (χ0v) is 29.4. The largest absolute Gasteiger partial charge is 0.309 e. The maximum atomic E-state index is 5.28. The zero-order chi connectivity index (χ0) is 35.3. The SMILES string of the molecule is CC1=C(c2ccc3c4ccccc4n(-c4ccccc4)c3c2)C=CCC2=C1c1ccccc1CN2c1nc(-c2ccccc2)cc(-c2ccccc2)n1. The minimum Gasteiger partial charge on any atom is -0.309 e. The van der Waals surface area contributed by atoms with E-state index in [-0.39, 0.29) is 0 Å². The predicted molar refractivity (Wildman–Crippen MR) is 220 cm³/mol. The summed E-state index contributed by atoms with van der Waals surface area (Å²) < 4.78 is 2.40. The van der Waals surface area contributed by atoms with E-state index in [1.807, 2.05) is 12.1 Å². The van der Waals surface area contributed by atoms with Crippen molar-refractivity contribution in [3.8, 4) is 28.2 Å². The number of fused-ring (bicyclic) bond motifs is 5. The second kappa shape index (κ2) is 12.8. The Balaban J connectivity index is 1.17. The molecule has 0 fully saturated rings. The molecule has 1 aliphatic heterocycles. The number of nitrogens with zero attached hydrogens (tertiary/aromatic N) is 4. The van der Waals surface area contributed by atoms with E-state index in [1.54, 1.807) is 0 Å². The Morgan fingerprint density at radius 1 is 0.547 bits per heavy atom. The van der Waals surface area contributed by atoms with Gasteiger partial charge in [-0.2, -0.15) is 0 Å². The van der Waals surface area contributed by atoms with Crippen molar-refractivity contribution in [3.63, 3.8) is 0 Å². The first-order valence-corrected chi connectivity index (χ1v) is 18.3. The molecule has 4 nitrogen and oxygen atoms in total. The molecule has 1 aliphatic carbocycles. The third-order valence-electron chi connectivity index (χ3n) is 10.7. The number of benzene rings is 6. The van der Waals surface area contributed by atoms with Crippen LogP contribution in [0.1, 0.15) is 30.0 Å². The molecule has 2 aromatic heterocycles. The number of aromatic nitrogens is 3. The summed E-state index contributed by atoms with van der Waals surface area (Å²) in [6, 6.07) is 58.2. The van der Waals surface area contributed by atoms with Crippen LogP contribution in [0.15, 0.2) is 187 Å². The fourth-order valence-electron chi connectivity index (χ4n) is 8.20. The molecule has 0 unspecified atom stereocenters. The highest BCUT2D eigenvalue weighted by Gasteiger charge is 2.30. The number of hydrogen-bond acceptors (Lipinski definition) is 3. The molecule has 3 heterocycles. The number of rotatable bonds is 5. The zero-order valence-electron chi connectivity index (χ0n) is 29.4. The summed E-state index contributed by atoms with van der Waals surface area (Å²) in [6.07, 6.45) is 5.40. The van der Waals surface area contributed by atoms with E-state index in [0.717, 1.165) is 34.6 Å². The average molecular weight is 681 g/mol. The normalized spacial score (nSPS) is 14.1. The van der Waals surface area contributed by atoms with Crippen LogP contribution in [-0.2, 0) is 6.54 Å². The van der Waals surface area contributed by atoms with E-state index in [4.69, 9.17) is 9.97 Å². The van der Waals surface area contributed by atoms with E-state index >= 15 is 0 Å². The summed E-state index contributed by atoms with van der Waals surface area (Å²) in [5.74, 6) is 0.714. The molecule has 6 aromatic carbocycles. The Labute approximate surface area is 309 Å². The van der Waals surface area contributed by atoms with Gasteiger partial charge < -0.3 is 9.47 Å². The van der Waals surface area contributed by atoms with Gasteiger partial charge in [0.25, 0.3) is 0 Å². The van der Waals surface area contributed by atoms with Gasteiger partial charge in [0, 0.05) is 45.3 Å². The maximum Gasteiger partial charge on any atom is 0.231 e. The summed E-state index contributed by atoms with van der Waals surface area (Å²) in [7, 11) is 0. The van der Waals surface area contributed by atoms with Crippen LogP contribution < -0.4 is 4.90 Å². The van der Waals surface area contributed by atoms with Gasteiger partial charge in [-0.15, -0.1) is 0 Å². The third kappa shape index (κ3) is 5.30. The Hall–Kier alpha value is -6.78. The minimum absolute atomic E-state index is 0.696.